The summed E-state index contributed by atoms with van der Waals surface area (Å²) in [7, 11) is -17.1. The summed E-state index contributed by atoms with van der Waals surface area (Å²) in [6.45, 7) is 5.56. The third kappa shape index (κ3) is 20.1. The predicted octanol–water partition coefficient (Wildman–Crippen LogP) is 15.2. The van der Waals surface area contributed by atoms with Gasteiger partial charge in [-0.05, 0) is 200 Å². The standard InChI is InChI=1S/C18H16O3S.C17H15FN2O2S.C17H14FNO3S.C16H15N3O2S.C16H14N2O3S/c1-22(20,21)15-9-7-13(8-10-15)16-11-12-17(19)18(16)14-5-3-2-4-6-14;1-12-11-17(13-3-5-14(18)6-4-13)20(19-12)15-7-9-16(10-8-15)23(2,21)22;1-23(21,22)15-8-2-12(3-9-15)16-10-11-17(20)19(16)14-6-4-13(18)5-7-14;1-12-11-16(13-5-3-2-4-6-13)19(18-12)14-7-9-15(10-8-14)22(17,20)21;1-11-18-15(12-5-3-2-4-6-12)16(21-11)13-7-9-14(10-8-13)22(17,19)20/h2-10H,11-12H2,1H3;3-11H,1-2H3;2-10H,11H2,1H3;2-11H,1H3,(H2,17,20,21);2-10H,1H3,(H2,17,19,20). The van der Waals surface area contributed by atoms with Gasteiger partial charge in [0.1, 0.15) is 17.3 Å². The molecule has 0 atom stereocenters. The Balaban J connectivity index is 0.000000138. The van der Waals surface area contributed by atoms with Crippen LogP contribution in [0.5, 0.6) is 0 Å². The number of oxazole rings is 1. The lowest BCUT2D eigenvalue weighted by molar-refractivity contribution is -0.116. The molecule has 4 heterocycles. The number of aromatic nitrogens is 5. The number of benzene rings is 10. The van der Waals surface area contributed by atoms with Crippen LogP contribution in [0.2, 0.25) is 0 Å². The van der Waals surface area contributed by atoms with Gasteiger partial charge in [0.2, 0.25) is 26.0 Å². The lowest BCUT2D eigenvalue weighted by atomic mass is 9.97. The maximum atomic E-state index is 13.1. The van der Waals surface area contributed by atoms with Crippen LogP contribution >= 0.6 is 0 Å². The van der Waals surface area contributed by atoms with Crippen LogP contribution in [-0.4, -0.2) is 97.1 Å². The lowest BCUT2D eigenvalue weighted by Gasteiger charge is -2.21. The van der Waals surface area contributed by atoms with Crippen molar-refractivity contribution in [2.45, 2.75) is 64.5 Å². The van der Waals surface area contributed by atoms with Gasteiger partial charge >= 0.3 is 0 Å². The van der Waals surface area contributed by atoms with Crippen LogP contribution in [0.15, 0.2) is 308 Å². The quantitative estimate of drug-likeness (QED) is 0.0963. The number of rotatable bonds is 15. The highest BCUT2D eigenvalue weighted by Crippen LogP contribution is 2.39. The van der Waals surface area contributed by atoms with E-state index in [4.69, 9.17) is 14.7 Å². The predicted molar refractivity (Wildman–Crippen MR) is 428 cm³/mol. The zero-order valence-electron chi connectivity index (χ0n) is 61.1. The molecule has 15 rings (SSSR count). The van der Waals surface area contributed by atoms with Crippen LogP contribution in [0.3, 0.4) is 0 Å². The molecule has 0 bridgehead atoms. The van der Waals surface area contributed by atoms with Gasteiger partial charge in [0.25, 0.3) is 0 Å². The number of nitrogens with two attached hydrogens (primary N) is 2. The normalized spacial score (nSPS) is 13.0. The summed E-state index contributed by atoms with van der Waals surface area (Å²) in [6.07, 6.45) is 6.74. The second-order valence-corrected chi connectivity index (χ2v) is 35.1. The van der Waals surface area contributed by atoms with Crippen molar-refractivity contribution < 1.29 is 64.9 Å². The molecule has 1 aliphatic heterocycles. The van der Waals surface area contributed by atoms with Crippen molar-refractivity contribution in [1.82, 2.24) is 24.5 Å². The topological polar surface area (TPSA) is 322 Å². The Morgan fingerprint density at radius 3 is 1.19 bits per heavy atom. The zero-order valence-corrected chi connectivity index (χ0v) is 65.2. The average molecular weight is 1600 g/mol. The van der Waals surface area contributed by atoms with Crippen LogP contribution in [0, 0.1) is 32.4 Å². The third-order valence-electron chi connectivity index (χ3n) is 17.5. The van der Waals surface area contributed by atoms with E-state index in [1.165, 1.54) is 90.2 Å². The van der Waals surface area contributed by atoms with E-state index < -0.39 is 49.6 Å². The van der Waals surface area contributed by atoms with E-state index in [9.17, 15) is 60.5 Å². The number of sulfone groups is 3. The molecule has 28 heteroatoms. The number of amides is 1. The highest BCUT2D eigenvalue weighted by atomic mass is 32.2. The van der Waals surface area contributed by atoms with Gasteiger partial charge in [0, 0.05) is 72.0 Å². The summed E-state index contributed by atoms with van der Waals surface area (Å²) in [5.74, 6) is 0.513. The number of hydrogen-bond acceptors (Lipinski definition) is 16. The summed E-state index contributed by atoms with van der Waals surface area (Å²) in [6, 6.07) is 77.1. The molecule has 0 unspecified atom stereocenters. The van der Waals surface area contributed by atoms with E-state index in [-0.39, 0.29) is 49.3 Å². The van der Waals surface area contributed by atoms with Crippen LogP contribution < -0.4 is 15.2 Å². The summed E-state index contributed by atoms with van der Waals surface area (Å²) in [4.78, 5) is 31.2. The van der Waals surface area contributed by atoms with Crippen LogP contribution in [-0.2, 0) is 59.1 Å². The Morgan fingerprint density at radius 2 is 0.750 bits per heavy atom. The number of aryl methyl sites for hydroxylation is 3. The van der Waals surface area contributed by atoms with Crippen molar-refractivity contribution in [1.29, 1.82) is 0 Å². The number of allylic oxidation sites excluding steroid dienone is 2. The molecule has 0 radical (unpaired) electrons. The first kappa shape index (κ1) is 81.0. The Labute approximate surface area is 648 Å². The molecular weight excluding hydrogens is 1530 g/mol. The van der Waals surface area contributed by atoms with Gasteiger partial charge in [0.15, 0.2) is 46.9 Å². The average Bonchev–Trinajstić information content (AvgIpc) is 1.70. The molecule has 4 N–H and O–H groups in total. The van der Waals surface area contributed by atoms with Crippen molar-refractivity contribution in [2.75, 3.05) is 23.7 Å². The molecule has 1 amide bonds. The first-order valence-corrected chi connectivity index (χ1v) is 43.1. The fraction of sp³-hybridized carbons (Fsp3) is 0.107. The van der Waals surface area contributed by atoms with Gasteiger partial charge in [-0.25, -0.2) is 75.5 Å². The van der Waals surface area contributed by atoms with Gasteiger partial charge in [-0.1, -0.05) is 121 Å². The minimum absolute atomic E-state index is 0.0637. The molecule has 13 aromatic rings. The van der Waals surface area contributed by atoms with Gasteiger partial charge in [0.05, 0.1) is 64.3 Å². The van der Waals surface area contributed by atoms with Gasteiger partial charge in [-0.3, -0.25) is 14.5 Å². The fourth-order valence-corrected chi connectivity index (χ4v) is 15.1. The first-order chi connectivity index (χ1) is 53.1. The Hall–Kier alpha value is -12.0. The fourth-order valence-electron chi connectivity index (χ4n) is 12.1. The summed E-state index contributed by atoms with van der Waals surface area (Å²) < 4.78 is 150. The number of sulfonamides is 2. The van der Waals surface area contributed by atoms with Gasteiger partial charge < -0.3 is 4.42 Å². The summed E-state index contributed by atoms with van der Waals surface area (Å²) in [5, 5.41) is 19.2. The highest BCUT2D eigenvalue weighted by Gasteiger charge is 2.28. The molecule has 0 saturated heterocycles. The smallest absolute Gasteiger partial charge is 0.238 e. The number of anilines is 1. The SMILES string of the molecule is CS(=O)(=O)c1ccc(C2=C(c3ccccc3)C(=O)CC2)cc1.CS(=O)(=O)c1ccc(C2=CCC(=O)N2c2ccc(F)cc2)cc1.Cc1cc(-c2ccc(F)cc2)n(-c2ccc(S(C)(=O)=O)cc2)n1.Cc1cc(-c2ccccc2)n(-c2ccc(S(N)(=O)=O)cc2)n1.Cc1nc(-c2ccccc2)c(-c2ccc(S(N)(=O)=O)cc2)o1. The minimum atomic E-state index is -3.71. The molecule has 0 spiro atoms. The number of carbonyl (C=O) groups is 2. The molecule has 0 saturated carbocycles. The summed E-state index contributed by atoms with van der Waals surface area (Å²) in [5.41, 5.74) is 14.8. The number of nitrogens with zero attached hydrogens (tertiary/aromatic N) is 6. The number of carbonyl (C=O) groups excluding carboxylic acids is 2. The molecule has 1 aliphatic carbocycles. The third-order valence-corrected chi connectivity index (χ3v) is 22.8. The number of ketones is 1. The Bertz CT molecular complexity index is 6120. The molecular formula is C84H74F2N8O13S5. The number of hydrogen-bond donors (Lipinski definition) is 2. The van der Waals surface area contributed by atoms with Gasteiger partial charge in [-0.15, -0.1) is 0 Å². The Kier molecular flexibility index (Phi) is 24.6. The van der Waals surface area contributed by atoms with Gasteiger partial charge in [-0.2, -0.15) is 10.2 Å². The van der Waals surface area contributed by atoms with Crippen molar-refractivity contribution in [3.8, 4) is 56.5 Å². The van der Waals surface area contributed by atoms with E-state index in [0.29, 0.717) is 40.8 Å². The molecule has 0 fully saturated rings. The molecule has 572 valence electrons. The van der Waals surface area contributed by atoms with E-state index in [0.717, 1.165) is 96.2 Å². The highest BCUT2D eigenvalue weighted by molar-refractivity contribution is 7.91. The van der Waals surface area contributed by atoms with Crippen molar-refractivity contribution >= 4 is 83.8 Å². The molecule has 2 aliphatic rings. The van der Waals surface area contributed by atoms with Crippen LogP contribution in [0.25, 0.3) is 73.3 Å². The van der Waals surface area contributed by atoms with Crippen molar-refractivity contribution in [3.63, 3.8) is 0 Å². The maximum Gasteiger partial charge on any atom is 0.238 e. The maximum absolute atomic E-state index is 13.1. The monoisotopic (exact) mass is 1600 g/mol. The van der Waals surface area contributed by atoms with Crippen LogP contribution in [0.4, 0.5) is 14.5 Å². The molecule has 3 aromatic heterocycles. The van der Waals surface area contributed by atoms with Crippen molar-refractivity contribution in [2.24, 2.45) is 10.3 Å². The number of Topliss-reactive ketones (excluding diaryl/α,β-unsaturated/α-hetero) is 1. The first-order valence-electron chi connectivity index (χ1n) is 34.3. The van der Waals surface area contributed by atoms with Crippen LogP contribution in [0.1, 0.15) is 53.2 Å². The minimum Gasteiger partial charge on any atom is -0.440 e. The molecule has 21 nitrogen and oxygen atoms in total. The number of primary sulfonamides is 2. The largest absolute Gasteiger partial charge is 0.440 e. The van der Waals surface area contributed by atoms with E-state index >= 15 is 0 Å². The zero-order chi connectivity index (χ0) is 80.5. The van der Waals surface area contributed by atoms with E-state index in [1.54, 1.807) is 119 Å². The second kappa shape index (κ2) is 34.1. The number of halogens is 2. The molecule has 112 heavy (non-hydrogen) atoms. The lowest BCUT2D eigenvalue weighted by Crippen LogP contribution is -2.23. The Morgan fingerprint density at radius 1 is 0.393 bits per heavy atom. The molecule has 10 aromatic carbocycles. The van der Waals surface area contributed by atoms with E-state index in [1.807, 2.05) is 117 Å². The van der Waals surface area contributed by atoms with Crippen molar-refractivity contribution in [3.05, 3.63) is 325 Å². The van der Waals surface area contributed by atoms with E-state index in [2.05, 4.69) is 15.2 Å². The second-order valence-electron chi connectivity index (χ2n) is 25.9. The summed E-state index contributed by atoms with van der Waals surface area (Å²) >= 11 is 0.